The molecule has 1 aliphatic rings. The Morgan fingerprint density at radius 2 is 2.38 bits per heavy atom. The highest BCUT2D eigenvalue weighted by atomic mass is 16.7. The SMILES string of the molecule is C/C(=C\CCC(=O)O)COC1CCCCO1. The largest absolute Gasteiger partial charge is 0.481 e. The minimum atomic E-state index is -0.763. The summed E-state index contributed by atoms with van der Waals surface area (Å²) in [6, 6.07) is 0. The summed E-state index contributed by atoms with van der Waals surface area (Å²) >= 11 is 0. The molecule has 4 heteroatoms. The van der Waals surface area contributed by atoms with Gasteiger partial charge in [-0.1, -0.05) is 11.6 Å². The van der Waals surface area contributed by atoms with Gasteiger partial charge in [0, 0.05) is 13.0 Å². The first-order valence-electron chi connectivity index (χ1n) is 5.79. The molecule has 92 valence electrons. The van der Waals surface area contributed by atoms with Gasteiger partial charge in [0.2, 0.25) is 0 Å². The minimum absolute atomic E-state index is 0.0726. The molecule has 16 heavy (non-hydrogen) atoms. The van der Waals surface area contributed by atoms with Crippen LogP contribution in [0.15, 0.2) is 11.6 Å². The summed E-state index contributed by atoms with van der Waals surface area (Å²) in [5.74, 6) is -0.763. The van der Waals surface area contributed by atoms with Gasteiger partial charge in [-0.2, -0.15) is 0 Å². The molecule has 0 aromatic carbocycles. The third-order valence-corrected chi connectivity index (χ3v) is 2.49. The second-order valence-corrected chi connectivity index (χ2v) is 4.09. The zero-order chi connectivity index (χ0) is 11.8. The standard InChI is InChI=1S/C12H20O4/c1-10(5-4-6-11(13)14)9-16-12-7-2-3-8-15-12/h5,12H,2-4,6-9H2,1H3,(H,13,14)/b10-5+. The average molecular weight is 228 g/mol. The van der Waals surface area contributed by atoms with Crippen molar-refractivity contribution in [2.75, 3.05) is 13.2 Å². The summed E-state index contributed by atoms with van der Waals surface area (Å²) in [7, 11) is 0. The van der Waals surface area contributed by atoms with Crippen LogP contribution in [0.25, 0.3) is 0 Å². The Hall–Kier alpha value is -0.870. The smallest absolute Gasteiger partial charge is 0.303 e. The molecule has 0 aromatic heterocycles. The second kappa shape index (κ2) is 7.41. The monoisotopic (exact) mass is 228 g/mol. The van der Waals surface area contributed by atoms with Gasteiger partial charge in [-0.15, -0.1) is 0 Å². The number of carboxylic acid groups (broad SMARTS) is 1. The Balaban J connectivity index is 2.12. The number of allylic oxidation sites excluding steroid dienone is 1. The van der Waals surface area contributed by atoms with Crippen molar-refractivity contribution in [1.29, 1.82) is 0 Å². The lowest BCUT2D eigenvalue weighted by molar-refractivity contribution is -0.156. The zero-order valence-corrected chi connectivity index (χ0v) is 9.78. The lowest BCUT2D eigenvalue weighted by Gasteiger charge is -2.22. The zero-order valence-electron chi connectivity index (χ0n) is 9.78. The Labute approximate surface area is 96.2 Å². The summed E-state index contributed by atoms with van der Waals surface area (Å²) < 4.78 is 11.0. The number of aliphatic carboxylic acids is 1. The van der Waals surface area contributed by atoms with Gasteiger partial charge in [-0.3, -0.25) is 4.79 Å². The topological polar surface area (TPSA) is 55.8 Å². The predicted molar refractivity (Wildman–Crippen MR) is 60.2 cm³/mol. The van der Waals surface area contributed by atoms with Crippen LogP contribution in [0.1, 0.15) is 39.0 Å². The molecule has 1 aliphatic heterocycles. The molecule has 0 aromatic rings. The van der Waals surface area contributed by atoms with Crippen molar-refractivity contribution in [3.8, 4) is 0 Å². The third kappa shape index (κ3) is 5.88. The molecule has 0 aliphatic carbocycles. The van der Waals surface area contributed by atoms with Gasteiger partial charge in [0.25, 0.3) is 0 Å². The molecule has 1 heterocycles. The molecule has 1 rings (SSSR count). The second-order valence-electron chi connectivity index (χ2n) is 4.09. The first-order chi connectivity index (χ1) is 7.68. The van der Waals surface area contributed by atoms with E-state index in [1.807, 2.05) is 13.0 Å². The Morgan fingerprint density at radius 3 is 3.00 bits per heavy atom. The molecule has 0 saturated carbocycles. The fraction of sp³-hybridized carbons (Fsp3) is 0.750. The van der Waals surface area contributed by atoms with Crippen molar-refractivity contribution in [3.63, 3.8) is 0 Å². The number of hydrogen-bond donors (Lipinski definition) is 1. The molecule has 4 nitrogen and oxygen atoms in total. The van der Waals surface area contributed by atoms with Gasteiger partial charge in [-0.25, -0.2) is 0 Å². The maximum Gasteiger partial charge on any atom is 0.303 e. The maximum absolute atomic E-state index is 10.3. The van der Waals surface area contributed by atoms with E-state index in [-0.39, 0.29) is 12.7 Å². The number of hydrogen-bond acceptors (Lipinski definition) is 3. The highest BCUT2D eigenvalue weighted by Crippen LogP contribution is 2.14. The van der Waals surface area contributed by atoms with Gasteiger partial charge in [0.15, 0.2) is 6.29 Å². The van der Waals surface area contributed by atoms with Crippen molar-refractivity contribution in [2.45, 2.75) is 45.3 Å². The fourth-order valence-corrected chi connectivity index (χ4v) is 1.57. The molecule has 1 saturated heterocycles. The molecule has 1 atom stereocenters. The van der Waals surface area contributed by atoms with E-state index in [1.165, 1.54) is 0 Å². The van der Waals surface area contributed by atoms with Crippen LogP contribution in [0.3, 0.4) is 0 Å². The molecule has 1 N–H and O–H groups in total. The van der Waals surface area contributed by atoms with Crippen LogP contribution in [0.5, 0.6) is 0 Å². The summed E-state index contributed by atoms with van der Waals surface area (Å²) in [4.78, 5) is 10.3. The van der Waals surface area contributed by atoms with Gasteiger partial charge in [0.05, 0.1) is 6.61 Å². The Bertz CT molecular complexity index is 241. The first-order valence-corrected chi connectivity index (χ1v) is 5.79. The predicted octanol–water partition coefficient (Wildman–Crippen LogP) is 2.34. The highest BCUT2D eigenvalue weighted by molar-refractivity contribution is 5.66. The van der Waals surface area contributed by atoms with Crippen molar-refractivity contribution < 1.29 is 19.4 Å². The normalized spacial score (nSPS) is 22.1. The highest BCUT2D eigenvalue weighted by Gasteiger charge is 2.13. The minimum Gasteiger partial charge on any atom is -0.481 e. The quantitative estimate of drug-likeness (QED) is 0.709. The van der Waals surface area contributed by atoms with E-state index in [1.54, 1.807) is 0 Å². The molecule has 1 fully saturated rings. The average Bonchev–Trinajstić information content (AvgIpc) is 2.27. The van der Waals surface area contributed by atoms with Crippen LogP contribution in [0.2, 0.25) is 0 Å². The van der Waals surface area contributed by atoms with E-state index in [2.05, 4.69) is 0 Å². The van der Waals surface area contributed by atoms with Gasteiger partial charge in [-0.05, 0) is 32.6 Å². The summed E-state index contributed by atoms with van der Waals surface area (Å²) in [6.45, 7) is 3.27. The van der Waals surface area contributed by atoms with E-state index in [4.69, 9.17) is 14.6 Å². The van der Waals surface area contributed by atoms with Crippen molar-refractivity contribution in [1.82, 2.24) is 0 Å². The summed E-state index contributed by atoms with van der Waals surface area (Å²) in [5.41, 5.74) is 1.07. The van der Waals surface area contributed by atoms with Crippen molar-refractivity contribution in [3.05, 3.63) is 11.6 Å². The van der Waals surface area contributed by atoms with Crippen LogP contribution < -0.4 is 0 Å². The lowest BCUT2D eigenvalue weighted by atomic mass is 10.2. The maximum atomic E-state index is 10.3. The molecule has 0 spiro atoms. The van der Waals surface area contributed by atoms with E-state index in [0.717, 1.165) is 31.4 Å². The van der Waals surface area contributed by atoms with E-state index < -0.39 is 5.97 Å². The number of ether oxygens (including phenoxy) is 2. The molecule has 0 bridgehead atoms. The Morgan fingerprint density at radius 1 is 1.56 bits per heavy atom. The van der Waals surface area contributed by atoms with Crippen LogP contribution >= 0.6 is 0 Å². The molecule has 0 radical (unpaired) electrons. The third-order valence-electron chi connectivity index (χ3n) is 2.49. The van der Waals surface area contributed by atoms with Crippen molar-refractivity contribution in [2.24, 2.45) is 0 Å². The van der Waals surface area contributed by atoms with Crippen LogP contribution in [0.4, 0.5) is 0 Å². The summed E-state index contributed by atoms with van der Waals surface area (Å²) in [6.07, 6.45) is 5.82. The van der Waals surface area contributed by atoms with E-state index in [0.29, 0.717) is 13.0 Å². The van der Waals surface area contributed by atoms with Crippen LogP contribution in [-0.2, 0) is 14.3 Å². The molecular formula is C12H20O4. The van der Waals surface area contributed by atoms with Gasteiger partial charge < -0.3 is 14.6 Å². The van der Waals surface area contributed by atoms with Crippen molar-refractivity contribution >= 4 is 5.97 Å². The van der Waals surface area contributed by atoms with Gasteiger partial charge >= 0.3 is 5.97 Å². The van der Waals surface area contributed by atoms with Crippen LogP contribution in [0, 0.1) is 0 Å². The first kappa shape index (κ1) is 13.2. The molecule has 1 unspecified atom stereocenters. The summed E-state index contributed by atoms with van der Waals surface area (Å²) in [5, 5.41) is 8.48. The van der Waals surface area contributed by atoms with Crippen LogP contribution in [-0.4, -0.2) is 30.6 Å². The number of rotatable bonds is 6. The van der Waals surface area contributed by atoms with E-state index >= 15 is 0 Å². The fourth-order valence-electron chi connectivity index (χ4n) is 1.57. The van der Waals surface area contributed by atoms with E-state index in [9.17, 15) is 4.79 Å². The van der Waals surface area contributed by atoms with Gasteiger partial charge in [0.1, 0.15) is 0 Å². The number of carbonyl (C=O) groups is 1. The molecule has 0 amide bonds. The number of carboxylic acids is 1. The Kier molecular flexibility index (Phi) is 6.11. The lowest BCUT2D eigenvalue weighted by Crippen LogP contribution is -2.22. The molecular weight excluding hydrogens is 208 g/mol.